The summed E-state index contributed by atoms with van der Waals surface area (Å²) in [5.74, 6) is 0.310. The Morgan fingerprint density at radius 1 is 1.04 bits per heavy atom. The van der Waals surface area contributed by atoms with Gasteiger partial charge in [-0.2, -0.15) is 0 Å². The van der Waals surface area contributed by atoms with Crippen LogP contribution in [-0.4, -0.2) is 12.3 Å². The Morgan fingerprint density at radius 3 is 2.70 bits per heavy atom. The van der Waals surface area contributed by atoms with Gasteiger partial charge in [-0.05, 0) is 48.6 Å². The second-order valence-electron chi connectivity index (χ2n) is 6.51. The minimum absolute atomic E-state index is 0.0664. The molecule has 2 aromatic rings. The first-order chi connectivity index (χ1) is 11.2. The number of Topliss-reactive ketones (excluding diaryl/α,β-unsaturated/α-hetero) is 1. The molecule has 1 aliphatic carbocycles. The third-order valence-electron chi connectivity index (χ3n) is 4.97. The number of carbonyl (C=O) groups is 1. The van der Waals surface area contributed by atoms with Crippen molar-refractivity contribution < 1.29 is 4.79 Å². The van der Waals surface area contributed by atoms with E-state index in [1.165, 1.54) is 22.4 Å². The summed E-state index contributed by atoms with van der Waals surface area (Å²) >= 11 is 0. The lowest BCUT2D eigenvalue weighted by Crippen LogP contribution is -2.37. The third kappa shape index (κ3) is 2.48. The zero-order chi connectivity index (χ0) is 15.8. The van der Waals surface area contributed by atoms with Crippen LogP contribution < -0.4 is 4.90 Å². The Morgan fingerprint density at radius 2 is 1.91 bits per heavy atom. The molecular weight excluding hydrogens is 282 g/mol. The summed E-state index contributed by atoms with van der Waals surface area (Å²) in [7, 11) is 0. The van der Waals surface area contributed by atoms with E-state index in [1.54, 1.807) is 0 Å². The molecule has 0 spiro atoms. The van der Waals surface area contributed by atoms with Crippen LogP contribution in [0, 0.1) is 6.92 Å². The molecule has 1 heterocycles. The molecule has 2 nitrogen and oxygen atoms in total. The Labute approximate surface area is 137 Å². The number of benzene rings is 2. The fourth-order valence-electron chi connectivity index (χ4n) is 3.87. The Hall–Kier alpha value is -2.35. The summed E-state index contributed by atoms with van der Waals surface area (Å²) in [6, 6.07) is 17.3. The lowest BCUT2D eigenvalue weighted by molar-refractivity contribution is -0.115. The fourth-order valence-corrected chi connectivity index (χ4v) is 3.87. The predicted molar refractivity (Wildman–Crippen MR) is 93.7 cm³/mol. The quantitative estimate of drug-likeness (QED) is 0.820. The van der Waals surface area contributed by atoms with Gasteiger partial charge in [0.05, 0.1) is 6.04 Å². The summed E-state index contributed by atoms with van der Waals surface area (Å²) in [5, 5.41) is 0. The van der Waals surface area contributed by atoms with Crippen LogP contribution in [0.3, 0.4) is 0 Å². The highest BCUT2D eigenvalue weighted by molar-refractivity contribution is 5.99. The third-order valence-corrected chi connectivity index (χ3v) is 4.97. The maximum atomic E-state index is 12.4. The minimum Gasteiger partial charge on any atom is -0.360 e. The van der Waals surface area contributed by atoms with Crippen LogP contribution in [0.2, 0.25) is 0 Å². The number of carbonyl (C=O) groups excluding carboxylic acids is 1. The number of fused-ring (bicyclic) bond motifs is 1. The summed E-state index contributed by atoms with van der Waals surface area (Å²) in [4.78, 5) is 14.8. The molecule has 2 aliphatic rings. The molecule has 2 aromatic carbocycles. The molecule has 0 saturated carbocycles. The van der Waals surface area contributed by atoms with Crippen molar-refractivity contribution in [3.63, 3.8) is 0 Å². The van der Waals surface area contributed by atoms with E-state index in [1.807, 2.05) is 0 Å². The molecule has 116 valence electrons. The molecule has 0 radical (unpaired) electrons. The Balaban J connectivity index is 1.84. The van der Waals surface area contributed by atoms with Crippen LogP contribution in [-0.2, 0) is 11.2 Å². The maximum absolute atomic E-state index is 12.4. The molecule has 1 atom stereocenters. The van der Waals surface area contributed by atoms with Gasteiger partial charge >= 0.3 is 0 Å². The number of aryl methyl sites for hydroxylation is 1. The molecule has 0 unspecified atom stereocenters. The standard InChI is InChI=1S/C21H21NO/c1-15-6-4-8-17(14-15)22-13-12-16-7-2-3-9-18(16)21(22)19-10-5-11-20(19)23/h2-4,6-10,14,21H,5,11-13H2,1H3/t21-/m0/s1. The second-order valence-corrected chi connectivity index (χ2v) is 6.51. The molecule has 4 rings (SSSR count). The van der Waals surface area contributed by atoms with Crippen molar-refractivity contribution in [1.82, 2.24) is 0 Å². The van der Waals surface area contributed by atoms with Gasteiger partial charge in [0.25, 0.3) is 0 Å². The van der Waals surface area contributed by atoms with Crippen LogP contribution >= 0.6 is 0 Å². The number of anilines is 1. The number of nitrogens with zero attached hydrogens (tertiary/aromatic N) is 1. The highest BCUT2D eigenvalue weighted by Crippen LogP contribution is 2.40. The van der Waals surface area contributed by atoms with Gasteiger partial charge < -0.3 is 4.90 Å². The van der Waals surface area contributed by atoms with Gasteiger partial charge in [-0.3, -0.25) is 4.79 Å². The number of ketones is 1. The van der Waals surface area contributed by atoms with Crippen molar-refractivity contribution in [1.29, 1.82) is 0 Å². The SMILES string of the molecule is Cc1cccc(N2CCc3ccccc3[C@H]2C2=CCCC2=O)c1. The van der Waals surface area contributed by atoms with Crippen LogP contribution in [0.15, 0.2) is 60.2 Å². The highest BCUT2D eigenvalue weighted by atomic mass is 16.1. The van der Waals surface area contributed by atoms with E-state index >= 15 is 0 Å². The van der Waals surface area contributed by atoms with Crippen LogP contribution in [0.5, 0.6) is 0 Å². The molecule has 23 heavy (non-hydrogen) atoms. The fraction of sp³-hybridized carbons (Fsp3) is 0.286. The smallest absolute Gasteiger partial charge is 0.161 e. The van der Waals surface area contributed by atoms with Gasteiger partial charge in [0.1, 0.15) is 0 Å². The van der Waals surface area contributed by atoms with Crippen molar-refractivity contribution in [3.05, 3.63) is 76.9 Å². The van der Waals surface area contributed by atoms with E-state index in [2.05, 4.69) is 66.4 Å². The first kappa shape index (κ1) is 14.3. The van der Waals surface area contributed by atoms with Crippen molar-refractivity contribution in [3.8, 4) is 0 Å². The molecule has 1 aliphatic heterocycles. The topological polar surface area (TPSA) is 20.3 Å². The lowest BCUT2D eigenvalue weighted by Gasteiger charge is -2.39. The average molecular weight is 303 g/mol. The number of allylic oxidation sites excluding steroid dienone is 1. The minimum atomic E-state index is 0.0664. The lowest BCUT2D eigenvalue weighted by atomic mass is 9.87. The van der Waals surface area contributed by atoms with Crippen LogP contribution in [0.25, 0.3) is 0 Å². The van der Waals surface area contributed by atoms with Gasteiger partial charge in [-0.15, -0.1) is 0 Å². The highest BCUT2D eigenvalue weighted by Gasteiger charge is 2.34. The van der Waals surface area contributed by atoms with Gasteiger partial charge in [0, 0.05) is 24.2 Å². The number of hydrogen-bond acceptors (Lipinski definition) is 2. The molecule has 0 saturated heterocycles. The summed E-state index contributed by atoms with van der Waals surface area (Å²) in [6.45, 7) is 3.08. The summed E-state index contributed by atoms with van der Waals surface area (Å²) < 4.78 is 0. The van der Waals surface area contributed by atoms with E-state index in [9.17, 15) is 4.79 Å². The van der Waals surface area contributed by atoms with E-state index < -0.39 is 0 Å². The number of rotatable bonds is 2. The monoisotopic (exact) mass is 303 g/mol. The largest absolute Gasteiger partial charge is 0.360 e. The van der Waals surface area contributed by atoms with Gasteiger partial charge in [0.2, 0.25) is 0 Å². The first-order valence-electron chi connectivity index (χ1n) is 8.38. The van der Waals surface area contributed by atoms with Gasteiger partial charge in [-0.25, -0.2) is 0 Å². The number of hydrogen-bond donors (Lipinski definition) is 0. The molecule has 0 aromatic heterocycles. The first-order valence-corrected chi connectivity index (χ1v) is 8.38. The Kier molecular flexibility index (Phi) is 3.53. The molecule has 0 N–H and O–H groups in total. The van der Waals surface area contributed by atoms with Gasteiger partial charge in [-0.1, -0.05) is 42.5 Å². The van der Waals surface area contributed by atoms with Crippen molar-refractivity contribution in [2.24, 2.45) is 0 Å². The Bertz CT molecular complexity index is 790. The van der Waals surface area contributed by atoms with Crippen molar-refractivity contribution in [2.75, 3.05) is 11.4 Å². The van der Waals surface area contributed by atoms with E-state index in [-0.39, 0.29) is 6.04 Å². The molecular formula is C21H21NO. The van der Waals surface area contributed by atoms with Crippen LogP contribution in [0.4, 0.5) is 5.69 Å². The van der Waals surface area contributed by atoms with Crippen molar-refractivity contribution in [2.45, 2.75) is 32.2 Å². The maximum Gasteiger partial charge on any atom is 0.161 e. The van der Waals surface area contributed by atoms with Crippen molar-refractivity contribution >= 4 is 11.5 Å². The molecule has 2 heteroatoms. The molecule has 0 bridgehead atoms. The van der Waals surface area contributed by atoms with Gasteiger partial charge in [0.15, 0.2) is 5.78 Å². The molecule has 0 amide bonds. The zero-order valence-corrected chi connectivity index (χ0v) is 13.5. The van der Waals surface area contributed by atoms with E-state index in [0.717, 1.165) is 25.0 Å². The zero-order valence-electron chi connectivity index (χ0n) is 13.5. The molecule has 0 fully saturated rings. The predicted octanol–water partition coefficient (Wildman–Crippen LogP) is 4.39. The normalized spacial score (nSPS) is 20.4. The van der Waals surface area contributed by atoms with E-state index in [0.29, 0.717) is 12.2 Å². The van der Waals surface area contributed by atoms with Crippen LogP contribution in [0.1, 0.15) is 35.6 Å². The summed E-state index contributed by atoms with van der Waals surface area (Å²) in [6.07, 6.45) is 4.73. The second kappa shape index (κ2) is 5.69. The van der Waals surface area contributed by atoms with E-state index in [4.69, 9.17) is 0 Å². The summed E-state index contributed by atoms with van der Waals surface area (Å²) in [5.41, 5.74) is 6.12. The average Bonchev–Trinajstić information content (AvgIpc) is 2.99.